The highest BCUT2D eigenvalue weighted by Crippen LogP contribution is 2.56. The number of nitrogens with zero attached hydrogens (tertiary/aromatic N) is 2. The molecule has 1 aromatic heterocycles. The Morgan fingerprint density at radius 3 is 2.61 bits per heavy atom. The van der Waals surface area contributed by atoms with Crippen molar-refractivity contribution in [1.29, 1.82) is 0 Å². The van der Waals surface area contributed by atoms with Crippen molar-refractivity contribution < 1.29 is 19.4 Å². The number of hydrogen-bond donors (Lipinski definition) is 2. The Hall–Kier alpha value is -3.25. The van der Waals surface area contributed by atoms with Crippen LogP contribution in [-0.2, 0) is 24.1 Å². The van der Waals surface area contributed by atoms with Crippen LogP contribution in [0.2, 0.25) is 0 Å². The van der Waals surface area contributed by atoms with Crippen molar-refractivity contribution in [2.45, 2.75) is 51.0 Å². The standard InChI is InChI=1S/C27H27FN2O3/c1-26-16-20-17-29-30(23-8-6-22(28)7-9-23)24(20)15-21(26)11-13-27(26,33)12-10-18-4-2-3-5-19(18)14-25(31)32/h2-9,15,17,33H,10-14,16H2,1H3,(H,31,32)/t26?,27-/m0/s1. The van der Waals surface area contributed by atoms with Gasteiger partial charge in [-0.3, -0.25) is 4.79 Å². The number of hydrogen-bond acceptors (Lipinski definition) is 3. The number of benzene rings is 2. The van der Waals surface area contributed by atoms with E-state index in [1.165, 1.54) is 17.7 Å². The van der Waals surface area contributed by atoms with Crippen molar-refractivity contribution in [1.82, 2.24) is 9.78 Å². The quantitative estimate of drug-likeness (QED) is 0.573. The van der Waals surface area contributed by atoms with E-state index in [4.69, 9.17) is 0 Å². The van der Waals surface area contributed by atoms with Crippen LogP contribution in [-0.4, -0.2) is 31.6 Å². The molecule has 0 saturated heterocycles. The van der Waals surface area contributed by atoms with E-state index in [0.717, 1.165) is 34.5 Å². The van der Waals surface area contributed by atoms with Gasteiger partial charge in [-0.15, -0.1) is 0 Å². The summed E-state index contributed by atoms with van der Waals surface area (Å²) in [7, 11) is 0. The Labute approximate surface area is 192 Å². The Kier molecular flexibility index (Phi) is 5.20. The van der Waals surface area contributed by atoms with Crippen LogP contribution in [0.3, 0.4) is 0 Å². The third kappa shape index (κ3) is 3.68. The number of halogens is 1. The molecule has 0 aliphatic heterocycles. The molecule has 1 heterocycles. The molecule has 0 radical (unpaired) electrons. The lowest BCUT2D eigenvalue weighted by Gasteiger charge is -2.42. The third-order valence-corrected chi connectivity index (χ3v) is 7.62. The van der Waals surface area contributed by atoms with Crippen LogP contribution < -0.4 is 0 Å². The summed E-state index contributed by atoms with van der Waals surface area (Å²) < 4.78 is 15.2. The van der Waals surface area contributed by atoms with Crippen LogP contribution in [0, 0.1) is 11.2 Å². The Balaban J connectivity index is 1.41. The number of carboxylic acid groups (broad SMARTS) is 1. The molecule has 6 heteroatoms. The second-order valence-corrected chi connectivity index (χ2v) is 9.49. The maximum Gasteiger partial charge on any atom is 0.307 e. The number of carboxylic acids is 1. The van der Waals surface area contributed by atoms with Crippen LogP contribution in [0.4, 0.5) is 4.39 Å². The van der Waals surface area contributed by atoms with E-state index in [2.05, 4.69) is 18.1 Å². The molecular formula is C27H27FN2O3. The summed E-state index contributed by atoms with van der Waals surface area (Å²) in [6.07, 6.45) is 7.33. The molecule has 2 atom stereocenters. The van der Waals surface area contributed by atoms with Gasteiger partial charge in [-0.05, 0) is 79.1 Å². The Morgan fingerprint density at radius 2 is 1.88 bits per heavy atom. The zero-order chi connectivity index (χ0) is 23.2. The summed E-state index contributed by atoms with van der Waals surface area (Å²) in [5, 5.41) is 25.6. The molecule has 2 aliphatic carbocycles. The van der Waals surface area contributed by atoms with E-state index in [9.17, 15) is 19.4 Å². The topological polar surface area (TPSA) is 75.3 Å². The van der Waals surface area contributed by atoms with E-state index in [1.54, 1.807) is 12.1 Å². The number of aliphatic hydroxyl groups is 1. The molecule has 0 spiro atoms. The molecule has 0 bridgehead atoms. The molecule has 1 fully saturated rings. The Morgan fingerprint density at radius 1 is 1.15 bits per heavy atom. The first-order valence-electron chi connectivity index (χ1n) is 11.3. The fourth-order valence-corrected chi connectivity index (χ4v) is 5.60. The van der Waals surface area contributed by atoms with Gasteiger partial charge in [0.25, 0.3) is 0 Å². The minimum atomic E-state index is -0.884. The fourth-order valence-electron chi connectivity index (χ4n) is 5.60. The fraction of sp³-hybridized carbons (Fsp3) is 0.333. The van der Waals surface area contributed by atoms with Gasteiger partial charge in [0.05, 0.1) is 29.6 Å². The number of aromatic nitrogens is 2. The first-order chi connectivity index (χ1) is 15.8. The largest absolute Gasteiger partial charge is 0.481 e. The van der Waals surface area contributed by atoms with Crippen LogP contribution >= 0.6 is 0 Å². The average molecular weight is 447 g/mol. The van der Waals surface area contributed by atoms with Gasteiger partial charge < -0.3 is 10.2 Å². The molecule has 5 rings (SSSR count). The second kappa shape index (κ2) is 7.96. The molecule has 3 aromatic rings. The number of aliphatic carboxylic acids is 1. The van der Waals surface area contributed by atoms with E-state index >= 15 is 0 Å². The van der Waals surface area contributed by atoms with E-state index in [0.29, 0.717) is 25.7 Å². The molecule has 1 unspecified atom stereocenters. The van der Waals surface area contributed by atoms with Crippen LogP contribution in [0.15, 0.2) is 60.3 Å². The van der Waals surface area contributed by atoms with E-state index in [1.807, 2.05) is 35.1 Å². The van der Waals surface area contributed by atoms with Crippen molar-refractivity contribution in [2.75, 3.05) is 0 Å². The number of fused-ring (bicyclic) bond motifs is 2. The zero-order valence-electron chi connectivity index (χ0n) is 18.6. The van der Waals surface area contributed by atoms with Crippen LogP contribution in [0.1, 0.15) is 48.6 Å². The van der Waals surface area contributed by atoms with Crippen LogP contribution in [0.5, 0.6) is 0 Å². The number of aryl methyl sites for hydroxylation is 1. The monoisotopic (exact) mass is 446 g/mol. The highest BCUT2D eigenvalue weighted by Gasteiger charge is 2.54. The van der Waals surface area contributed by atoms with Gasteiger partial charge in [-0.25, -0.2) is 9.07 Å². The van der Waals surface area contributed by atoms with Gasteiger partial charge in [0, 0.05) is 5.41 Å². The van der Waals surface area contributed by atoms with Gasteiger partial charge in [0.2, 0.25) is 0 Å². The van der Waals surface area contributed by atoms with Crippen molar-refractivity contribution in [2.24, 2.45) is 5.41 Å². The van der Waals surface area contributed by atoms with Crippen molar-refractivity contribution in [3.63, 3.8) is 0 Å². The summed E-state index contributed by atoms with van der Waals surface area (Å²) in [5.41, 5.74) is 4.57. The zero-order valence-corrected chi connectivity index (χ0v) is 18.6. The average Bonchev–Trinajstić information content (AvgIpc) is 3.30. The maximum absolute atomic E-state index is 13.4. The highest BCUT2D eigenvalue weighted by atomic mass is 19.1. The van der Waals surface area contributed by atoms with E-state index < -0.39 is 17.0 Å². The summed E-state index contributed by atoms with van der Waals surface area (Å²) in [6.45, 7) is 2.13. The Bertz CT molecular complexity index is 1250. The van der Waals surface area contributed by atoms with Crippen molar-refractivity contribution >= 4 is 12.0 Å². The van der Waals surface area contributed by atoms with Gasteiger partial charge in [0.1, 0.15) is 5.82 Å². The predicted molar refractivity (Wildman–Crippen MR) is 124 cm³/mol. The summed E-state index contributed by atoms with van der Waals surface area (Å²) in [5.74, 6) is -1.13. The lowest BCUT2D eigenvalue weighted by atomic mass is 9.65. The molecule has 2 aromatic carbocycles. The van der Waals surface area contributed by atoms with Crippen LogP contribution in [0.25, 0.3) is 11.8 Å². The molecule has 2 aliphatic rings. The molecule has 5 nitrogen and oxygen atoms in total. The summed E-state index contributed by atoms with van der Waals surface area (Å²) in [4.78, 5) is 11.2. The predicted octanol–water partition coefficient (Wildman–Crippen LogP) is 4.74. The molecular weight excluding hydrogens is 419 g/mol. The first kappa shape index (κ1) is 21.6. The van der Waals surface area contributed by atoms with Crippen molar-refractivity contribution in [3.05, 3.63) is 88.5 Å². The first-order valence-corrected chi connectivity index (χ1v) is 11.3. The minimum absolute atomic E-state index is 0.0110. The smallest absolute Gasteiger partial charge is 0.307 e. The van der Waals surface area contributed by atoms with E-state index in [-0.39, 0.29) is 12.2 Å². The molecule has 170 valence electrons. The SMILES string of the molecule is CC12Cc3cnn(-c4ccc(F)cc4)c3C=C1CC[C@@]2(O)CCc1ccccc1CC(=O)O. The summed E-state index contributed by atoms with van der Waals surface area (Å²) in [6, 6.07) is 13.9. The number of carbonyl (C=O) groups is 1. The lowest BCUT2D eigenvalue weighted by Crippen LogP contribution is -2.45. The molecule has 1 saturated carbocycles. The van der Waals surface area contributed by atoms with Crippen molar-refractivity contribution in [3.8, 4) is 5.69 Å². The van der Waals surface area contributed by atoms with Gasteiger partial charge >= 0.3 is 5.97 Å². The third-order valence-electron chi connectivity index (χ3n) is 7.62. The molecule has 2 N–H and O–H groups in total. The molecule has 0 amide bonds. The van der Waals surface area contributed by atoms with Gasteiger partial charge in [-0.2, -0.15) is 5.10 Å². The minimum Gasteiger partial charge on any atom is -0.481 e. The van der Waals surface area contributed by atoms with Gasteiger partial charge in [-0.1, -0.05) is 36.8 Å². The number of rotatable bonds is 6. The second-order valence-electron chi connectivity index (χ2n) is 9.49. The summed E-state index contributed by atoms with van der Waals surface area (Å²) >= 11 is 0. The molecule has 33 heavy (non-hydrogen) atoms. The van der Waals surface area contributed by atoms with Gasteiger partial charge in [0.15, 0.2) is 0 Å². The highest BCUT2D eigenvalue weighted by molar-refractivity contribution is 5.70. The normalized spacial score (nSPS) is 23.7. The lowest BCUT2D eigenvalue weighted by molar-refractivity contribution is -0.136. The maximum atomic E-state index is 13.4.